The summed E-state index contributed by atoms with van der Waals surface area (Å²) < 4.78 is 36.8. The van der Waals surface area contributed by atoms with E-state index in [4.69, 9.17) is 5.11 Å². The Hall–Kier alpha value is -1.31. The molecule has 1 saturated heterocycles. The molecule has 1 heterocycles. The normalized spacial score (nSPS) is 19.4. The maximum absolute atomic E-state index is 12.3. The van der Waals surface area contributed by atoms with E-state index in [0.29, 0.717) is 11.3 Å². The van der Waals surface area contributed by atoms with E-state index in [9.17, 15) is 22.8 Å². The van der Waals surface area contributed by atoms with Gasteiger partial charge in [0.2, 0.25) is 5.91 Å². The second-order valence-corrected chi connectivity index (χ2v) is 4.66. The molecule has 1 unspecified atom stereocenters. The van der Waals surface area contributed by atoms with Crippen molar-refractivity contribution in [1.82, 2.24) is 10.2 Å². The predicted molar refractivity (Wildman–Crippen MR) is 60.5 cm³/mol. The first kappa shape index (κ1) is 15.7. The van der Waals surface area contributed by atoms with Crippen LogP contribution >= 0.6 is 0 Å². The molecule has 1 aliphatic heterocycles. The van der Waals surface area contributed by atoms with E-state index in [1.807, 2.05) is 0 Å². The average Bonchev–Trinajstić information content (AvgIpc) is 2.75. The van der Waals surface area contributed by atoms with Gasteiger partial charge in [0.25, 0.3) is 0 Å². The Bertz CT molecular complexity index is 328. The SMILES string of the molecule is O=C(O)CN(CC(F)(F)F)C(=O)CCC1CCNC1. The van der Waals surface area contributed by atoms with Gasteiger partial charge in [0, 0.05) is 6.42 Å². The summed E-state index contributed by atoms with van der Waals surface area (Å²) in [5, 5.41) is 11.6. The summed E-state index contributed by atoms with van der Waals surface area (Å²) in [6.07, 6.45) is -3.25. The average molecular weight is 282 g/mol. The quantitative estimate of drug-likeness (QED) is 0.758. The van der Waals surface area contributed by atoms with E-state index < -0.39 is 31.1 Å². The van der Waals surface area contributed by atoms with Crippen LogP contribution in [0.4, 0.5) is 13.2 Å². The van der Waals surface area contributed by atoms with Crippen molar-refractivity contribution in [1.29, 1.82) is 0 Å². The Labute approximate surface area is 108 Å². The van der Waals surface area contributed by atoms with Crippen molar-refractivity contribution in [2.75, 3.05) is 26.2 Å². The summed E-state index contributed by atoms with van der Waals surface area (Å²) in [6.45, 7) is -0.825. The molecule has 0 aromatic carbocycles. The number of nitrogens with one attached hydrogen (secondary N) is 1. The van der Waals surface area contributed by atoms with Gasteiger partial charge in [-0.3, -0.25) is 9.59 Å². The molecule has 0 saturated carbocycles. The minimum absolute atomic E-state index is 0.0459. The van der Waals surface area contributed by atoms with Crippen LogP contribution in [0.2, 0.25) is 0 Å². The third-order valence-electron chi connectivity index (χ3n) is 2.98. The summed E-state index contributed by atoms with van der Waals surface area (Å²) in [5.74, 6) is -1.92. The van der Waals surface area contributed by atoms with Crippen LogP contribution in [0.3, 0.4) is 0 Å². The van der Waals surface area contributed by atoms with E-state index in [1.54, 1.807) is 0 Å². The van der Waals surface area contributed by atoms with Gasteiger partial charge in [-0.25, -0.2) is 0 Å². The van der Waals surface area contributed by atoms with Gasteiger partial charge in [-0.15, -0.1) is 0 Å². The molecule has 2 N–H and O–H groups in total. The van der Waals surface area contributed by atoms with Crippen molar-refractivity contribution in [2.45, 2.75) is 25.4 Å². The fourth-order valence-electron chi connectivity index (χ4n) is 2.06. The van der Waals surface area contributed by atoms with Crippen molar-refractivity contribution in [3.63, 3.8) is 0 Å². The fraction of sp³-hybridized carbons (Fsp3) is 0.818. The number of carbonyl (C=O) groups is 2. The monoisotopic (exact) mass is 282 g/mol. The van der Waals surface area contributed by atoms with Crippen LogP contribution in [-0.2, 0) is 9.59 Å². The Morgan fingerprint density at radius 3 is 2.53 bits per heavy atom. The van der Waals surface area contributed by atoms with Gasteiger partial charge >= 0.3 is 12.1 Å². The molecule has 1 aliphatic rings. The van der Waals surface area contributed by atoms with Gasteiger partial charge in [-0.2, -0.15) is 13.2 Å². The highest BCUT2D eigenvalue weighted by Gasteiger charge is 2.34. The Balaban J connectivity index is 2.47. The minimum atomic E-state index is -4.58. The number of hydrogen-bond acceptors (Lipinski definition) is 3. The van der Waals surface area contributed by atoms with Gasteiger partial charge in [0.1, 0.15) is 13.1 Å². The number of rotatable bonds is 6. The summed E-state index contributed by atoms with van der Waals surface area (Å²) in [6, 6.07) is 0. The molecule has 110 valence electrons. The first-order chi connectivity index (χ1) is 8.78. The molecule has 1 atom stereocenters. The number of halogens is 3. The second-order valence-electron chi connectivity index (χ2n) is 4.66. The van der Waals surface area contributed by atoms with Gasteiger partial charge in [0.15, 0.2) is 0 Å². The summed E-state index contributed by atoms with van der Waals surface area (Å²) in [4.78, 5) is 22.5. The molecule has 0 bridgehead atoms. The summed E-state index contributed by atoms with van der Waals surface area (Å²) in [7, 11) is 0. The van der Waals surface area contributed by atoms with Gasteiger partial charge in [0.05, 0.1) is 0 Å². The molecule has 8 heteroatoms. The second kappa shape index (κ2) is 6.74. The first-order valence-electron chi connectivity index (χ1n) is 6.05. The maximum Gasteiger partial charge on any atom is 0.406 e. The number of carboxylic acid groups (broad SMARTS) is 1. The molecule has 1 rings (SSSR count). The van der Waals surface area contributed by atoms with E-state index in [-0.39, 0.29) is 12.3 Å². The highest BCUT2D eigenvalue weighted by molar-refractivity contribution is 5.81. The van der Waals surface area contributed by atoms with Crippen LogP contribution in [0.15, 0.2) is 0 Å². The van der Waals surface area contributed by atoms with Crippen molar-refractivity contribution in [3.8, 4) is 0 Å². The van der Waals surface area contributed by atoms with Crippen molar-refractivity contribution in [3.05, 3.63) is 0 Å². The zero-order valence-corrected chi connectivity index (χ0v) is 10.4. The summed E-state index contributed by atoms with van der Waals surface area (Å²) >= 11 is 0. The molecule has 0 radical (unpaired) electrons. The lowest BCUT2D eigenvalue weighted by Gasteiger charge is -2.22. The fourth-order valence-corrected chi connectivity index (χ4v) is 2.06. The smallest absolute Gasteiger partial charge is 0.406 e. The predicted octanol–water partition coefficient (Wildman–Crippen LogP) is 0.852. The minimum Gasteiger partial charge on any atom is -0.480 e. The Morgan fingerprint density at radius 2 is 2.05 bits per heavy atom. The molecular weight excluding hydrogens is 265 g/mol. The molecule has 0 aromatic heterocycles. The lowest BCUT2D eigenvalue weighted by atomic mass is 10.0. The van der Waals surface area contributed by atoms with Crippen molar-refractivity contribution < 1.29 is 27.9 Å². The van der Waals surface area contributed by atoms with Gasteiger partial charge < -0.3 is 15.3 Å². The van der Waals surface area contributed by atoms with Crippen LogP contribution in [-0.4, -0.2) is 54.2 Å². The van der Waals surface area contributed by atoms with E-state index in [0.717, 1.165) is 19.5 Å². The van der Waals surface area contributed by atoms with Crippen molar-refractivity contribution in [2.24, 2.45) is 5.92 Å². The lowest BCUT2D eigenvalue weighted by Crippen LogP contribution is -2.42. The standard InChI is InChI=1S/C11H17F3N2O3/c12-11(13,14)7-16(6-10(18)19)9(17)2-1-8-3-4-15-5-8/h8,15H,1-7H2,(H,18,19). The molecule has 19 heavy (non-hydrogen) atoms. The van der Waals surface area contributed by atoms with E-state index in [1.165, 1.54) is 0 Å². The number of hydrogen-bond donors (Lipinski definition) is 2. The van der Waals surface area contributed by atoms with Crippen LogP contribution < -0.4 is 5.32 Å². The molecule has 0 aromatic rings. The molecule has 5 nitrogen and oxygen atoms in total. The number of aliphatic carboxylic acids is 1. The third kappa shape index (κ3) is 6.42. The first-order valence-corrected chi connectivity index (χ1v) is 6.05. The van der Waals surface area contributed by atoms with Crippen LogP contribution in [0, 0.1) is 5.92 Å². The number of alkyl halides is 3. The van der Waals surface area contributed by atoms with E-state index >= 15 is 0 Å². The molecule has 1 amide bonds. The molecule has 1 fully saturated rings. The lowest BCUT2D eigenvalue weighted by molar-refractivity contribution is -0.165. The number of amides is 1. The maximum atomic E-state index is 12.3. The Kier molecular flexibility index (Phi) is 5.59. The summed E-state index contributed by atoms with van der Waals surface area (Å²) in [5.41, 5.74) is 0. The van der Waals surface area contributed by atoms with Gasteiger partial charge in [-0.05, 0) is 31.8 Å². The molecule has 0 spiro atoms. The number of carbonyl (C=O) groups excluding carboxylic acids is 1. The van der Waals surface area contributed by atoms with Crippen molar-refractivity contribution >= 4 is 11.9 Å². The topological polar surface area (TPSA) is 69.6 Å². The number of nitrogens with zero attached hydrogens (tertiary/aromatic N) is 1. The van der Waals surface area contributed by atoms with Gasteiger partial charge in [-0.1, -0.05) is 0 Å². The Morgan fingerprint density at radius 1 is 1.37 bits per heavy atom. The largest absolute Gasteiger partial charge is 0.480 e. The van der Waals surface area contributed by atoms with Crippen LogP contribution in [0.25, 0.3) is 0 Å². The zero-order valence-electron chi connectivity index (χ0n) is 10.4. The molecule has 0 aliphatic carbocycles. The van der Waals surface area contributed by atoms with Crippen LogP contribution in [0.5, 0.6) is 0 Å². The third-order valence-corrected chi connectivity index (χ3v) is 2.98. The zero-order chi connectivity index (χ0) is 14.5. The van der Waals surface area contributed by atoms with Crippen LogP contribution in [0.1, 0.15) is 19.3 Å². The molecular formula is C11H17F3N2O3. The number of carboxylic acids is 1. The van der Waals surface area contributed by atoms with E-state index in [2.05, 4.69) is 5.32 Å². The highest BCUT2D eigenvalue weighted by Crippen LogP contribution is 2.19. The highest BCUT2D eigenvalue weighted by atomic mass is 19.4.